The van der Waals surface area contributed by atoms with Gasteiger partial charge in [0.15, 0.2) is 0 Å². The molecular formula is C10H15P. The molecule has 0 fully saturated rings. The maximum Gasteiger partial charge on any atom is -0.0154 e. The van der Waals surface area contributed by atoms with E-state index in [9.17, 15) is 0 Å². The van der Waals surface area contributed by atoms with E-state index >= 15 is 0 Å². The van der Waals surface area contributed by atoms with Crippen LogP contribution < -0.4 is 0 Å². The van der Waals surface area contributed by atoms with Crippen molar-refractivity contribution in [2.45, 2.75) is 12.8 Å². The molecule has 11 heavy (non-hydrogen) atoms. The summed E-state index contributed by atoms with van der Waals surface area (Å²) in [7, 11) is 1.06. The minimum absolute atomic E-state index is 0.736. The van der Waals surface area contributed by atoms with Crippen molar-refractivity contribution < 1.29 is 0 Å². The summed E-state index contributed by atoms with van der Waals surface area (Å²) < 4.78 is 0. The second kappa shape index (κ2) is 4.51. The van der Waals surface area contributed by atoms with Crippen LogP contribution in [0.2, 0.25) is 0 Å². The van der Waals surface area contributed by atoms with Crippen molar-refractivity contribution in [1.82, 2.24) is 0 Å². The zero-order chi connectivity index (χ0) is 8.10. The second-order valence-electron chi connectivity index (χ2n) is 2.87. The zero-order valence-corrected chi connectivity index (χ0v) is 8.17. The molecule has 0 spiro atoms. The average Bonchev–Trinajstić information content (AvgIpc) is 2.07. The van der Waals surface area contributed by atoms with Gasteiger partial charge < -0.3 is 0 Å². The molecule has 0 bridgehead atoms. The van der Waals surface area contributed by atoms with E-state index in [1.807, 2.05) is 0 Å². The van der Waals surface area contributed by atoms with Crippen LogP contribution in [-0.2, 0) is 0 Å². The van der Waals surface area contributed by atoms with Crippen molar-refractivity contribution in [3.8, 4) is 0 Å². The molecule has 0 aliphatic heterocycles. The lowest BCUT2D eigenvalue weighted by Gasteiger charge is -2.08. The van der Waals surface area contributed by atoms with Crippen LogP contribution in [0.15, 0.2) is 30.3 Å². The first-order valence-corrected chi connectivity index (χ1v) is 5.75. The van der Waals surface area contributed by atoms with Crippen molar-refractivity contribution in [1.29, 1.82) is 0 Å². The molecule has 60 valence electrons. The lowest BCUT2D eigenvalue weighted by atomic mass is 10.0. The van der Waals surface area contributed by atoms with Gasteiger partial charge in [0.1, 0.15) is 0 Å². The Labute approximate surface area is 70.8 Å². The molecule has 0 aliphatic carbocycles. The normalized spacial score (nSPS) is 14.0. The van der Waals surface area contributed by atoms with Gasteiger partial charge in [-0.25, -0.2) is 0 Å². The highest BCUT2D eigenvalue weighted by molar-refractivity contribution is 7.37. The molecule has 0 N–H and O–H groups in total. The van der Waals surface area contributed by atoms with Crippen molar-refractivity contribution in [2.24, 2.45) is 0 Å². The van der Waals surface area contributed by atoms with Gasteiger partial charge in [-0.1, -0.05) is 37.3 Å². The SMILES string of the molecule is CPCC(C)c1ccccc1. The number of rotatable bonds is 3. The molecular weight excluding hydrogens is 151 g/mol. The smallest absolute Gasteiger partial charge is 0.0154 e. The highest BCUT2D eigenvalue weighted by Gasteiger charge is 2.01. The van der Waals surface area contributed by atoms with Gasteiger partial charge in [0.2, 0.25) is 0 Å². The summed E-state index contributed by atoms with van der Waals surface area (Å²) in [6.45, 7) is 4.56. The predicted molar refractivity (Wildman–Crippen MR) is 54.0 cm³/mol. The topological polar surface area (TPSA) is 0 Å². The number of hydrogen-bond donors (Lipinski definition) is 0. The highest BCUT2D eigenvalue weighted by Crippen LogP contribution is 2.20. The summed E-state index contributed by atoms with van der Waals surface area (Å²) in [4.78, 5) is 0. The quantitative estimate of drug-likeness (QED) is 0.605. The third kappa shape index (κ3) is 2.63. The molecule has 0 amide bonds. The minimum Gasteiger partial charge on any atom is -0.125 e. The molecule has 0 saturated heterocycles. The molecule has 0 nitrogen and oxygen atoms in total. The van der Waals surface area contributed by atoms with E-state index in [1.54, 1.807) is 0 Å². The number of benzene rings is 1. The van der Waals surface area contributed by atoms with Gasteiger partial charge in [0, 0.05) is 0 Å². The van der Waals surface area contributed by atoms with Crippen LogP contribution in [0.4, 0.5) is 0 Å². The third-order valence-corrected chi connectivity index (χ3v) is 2.90. The molecule has 0 aromatic heterocycles. The Morgan fingerprint density at radius 2 is 1.91 bits per heavy atom. The fraction of sp³-hybridized carbons (Fsp3) is 0.400. The average molecular weight is 166 g/mol. The Hall–Kier alpha value is -0.350. The fourth-order valence-corrected chi connectivity index (χ4v) is 2.05. The largest absolute Gasteiger partial charge is 0.125 e. The van der Waals surface area contributed by atoms with Gasteiger partial charge in [-0.2, -0.15) is 0 Å². The van der Waals surface area contributed by atoms with Gasteiger partial charge in [0.25, 0.3) is 0 Å². The second-order valence-corrected chi connectivity index (χ2v) is 3.98. The summed E-state index contributed by atoms with van der Waals surface area (Å²) in [5, 5.41) is 0. The predicted octanol–water partition coefficient (Wildman–Crippen LogP) is 3.10. The van der Waals surface area contributed by atoms with Gasteiger partial charge in [-0.05, 0) is 24.3 Å². The maximum atomic E-state index is 2.30. The molecule has 1 rings (SSSR count). The van der Waals surface area contributed by atoms with E-state index in [1.165, 1.54) is 11.7 Å². The van der Waals surface area contributed by atoms with Crippen molar-refractivity contribution in [3.63, 3.8) is 0 Å². The molecule has 2 atom stereocenters. The Bertz CT molecular complexity index is 193. The molecule has 1 aromatic carbocycles. The molecule has 0 aliphatic rings. The Kier molecular flexibility index (Phi) is 3.59. The summed E-state index contributed by atoms with van der Waals surface area (Å²) in [6.07, 6.45) is 1.32. The van der Waals surface area contributed by atoms with Gasteiger partial charge in [0.05, 0.1) is 0 Å². The van der Waals surface area contributed by atoms with Crippen molar-refractivity contribution in [3.05, 3.63) is 35.9 Å². The first-order valence-electron chi connectivity index (χ1n) is 4.04. The summed E-state index contributed by atoms with van der Waals surface area (Å²) in [6, 6.07) is 10.7. The lowest BCUT2D eigenvalue weighted by molar-refractivity contribution is 0.879. The number of hydrogen-bond acceptors (Lipinski definition) is 0. The van der Waals surface area contributed by atoms with Crippen LogP contribution in [0.5, 0.6) is 0 Å². The molecule has 2 unspecified atom stereocenters. The van der Waals surface area contributed by atoms with Crippen LogP contribution in [0.1, 0.15) is 18.4 Å². The van der Waals surface area contributed by atoms with Crippen LogP contribution in [-0.4, -0.2) is 12.8 Å². The summed E-state index contributed by atoms with van der Waals surface area (Å²) in [5.74, 6) is 0.736. The molecule has 1 aromatic rings. The first kappa shape index (κ1) is 8.74. The van der Waals surface area contributed by atoms with E-state index in [2.05, 4.69) is 43.9 Å². The van der Waals surface area contributed by atoms with E-state index < -0.39 is 0 Å². The first-order chi connectivity index (χ1) is 5.34. The van der Waals surface area contributed by atoms with Crippen LogP contribution in [0.3, 0.4) is 0 Å². The fourth-order valence-electron chi connectivity index (χ4n) is 1.21. The highest BCUT2D eigenvalue weighted by atomic mass is 31.1. The lowest BCUT2D eigenvalue weighted by Crippen LogP contribution is -1.94. The van der Waals surface area contributed by atoms with E-state index in [0.717, 1.165) is 14.5 Å². The molecule has 0 heterocycles. The Morgan fingerprint density at radius 1 is 1.27 bits per heavy atom. The standard InChI is InChI=1S/C10H15P/c1-9(8-11-2)10-6-4-3-5-7-10/h3-7,9,11H,8H2,1-2H3. The Morgan fingerprint density at radius 3 is 2.45 bits per heavy atom. The van der Waals surface area contributed by atoms with Crippen molar-refractivity contribution in [2.75, 3.05) is 12.8 Å². The zero-order valence-electron chi connectivity index (χ0n) is 7.17. The van der Waals surface area contributed by atoms with Crippen LogP contribution >= 0.6 is 8.58 Å². The van der Waals surface area contributed by atoms with Gasteiger partial charge in [-0.3, -0.25) is 0 Å². The summed E-state index contributed by atoms with van der Waals surface area (Å²) >= 11 is 0. The van der Waals surface area contributed by atoms with Crippen LogP contribution in [0, 0.1) is 0 Å². The third-order valence-electron chi connectivity index (χ3n) is 1.88. The van der Waals surface area contributed by atoms with E-state index in [-0.39, 0.29) is 0 Å². The van der Waals surface area contributed by atoms with Gasteiger partial charge >= 0.3 is 0 Å². The van der Waals surface area contributed by atoms with Gasteiger partial charge in [-0.15, -0.1) is 8.58 Å². The van der Waals surface area contributed by atoms with Crippen molar-refractivity contribution >= 4 is 8.58 Å². The van der Waals surface area contributed by atoms with E-state index in [0.29, 0.717) is 0 Å². The van der Waals surface area contributed by atoms with Crippen LogP contribution in [0.25, 0.3) is 0 Å². The summed E-state index contributed by atoms with van der Waals surface area (Å²) in [5.41, 5.74) is 1.47. The molecule has 0 radical (unpaired) electrons. The minimum atomic E-state index is 0.736. The maximum absolute atomic E-state index is 2.30. The Balaban J connectivity index is 2.61. The van der Waals surface area contributed by atoms with E-state index in [4.69, 9.17) is 0 Å². The molecule has 1 heteroatoms. The monoisotopic (exact) mass is 166 g/mol. The molecule has 0 saturated carbocycles.